The fourth-order valence-corrected chi connectivity index (χ4v) is 3.14. The molecule has 0 bridgehead atoms. The van der Waals surface area contributed by atoms with E-state index in [1.807, 2.05) is 11.8 Å². The summed E-state index contributed by atoms with van der Waals surface area (Å²) in [6.45, 7) is 3.57. The molecule has 26 heavy (non-hydrogen) atoms. The van der Waals surface area contributed by atoms with E-state index in [-0.39, 0.29) is 11.9 Å². The number of benzene rings is 1. The zero-order valence-electron chi connectivity index (χ0n) is 15.2. The molecule has 140 valence electrons. The summed E-state index contributed by atoms with van der Waals surface area (Å²) in [7, 11) is 1.58. The Hall–Kier alpha value is -2.61. The Balaban J connectivity index is 1.81. The summed E-state index contributed by atoms with van der Waals surface area (Å²) in [5, 5.41) is 7.08. The number of amides is 1. The molecule has 0 saturated carbocycles. The van der Waals surface area contributed by atoms with Crippen molar-refractivity contribution in [3.05, 3.63) is 35.4 Å². The van der Waals surface area contributed by atoms with E-state index < -0.39 is 0 Å². The number of likely N-dealkylation sites (tertiary alicyclic amines) is 1. The maximum absolute atomic E-state index is 13.1. The van der Waals surface area contributed by atoms with Crippen LogP contribution >= 0.6 is 0 Å². The number of aromatic nitrogens is 3. The molecule has 1 aromatic carbocycles. The summed E-state index contributed by atoms with van der Waals surface area (Å²) in [5.74, 6) is 2.51. The lowest BCUT2D eigenvalue weighted by Crippen LogP contribution is -2.31. The van der Waals surface area contributed by atoms with Crippen molar-refractivity contribution in [2.24, 2.45) is 5.73 Å². The van der Waals surface area contributed by atoms with E-state index in [1.54, 1.807) is 25.3 Å². The van der Waals surface area contributed by atoms with Gasteiger partial charge >= 0.3 is 0 Å². The van der Waals surface area contributed by atoms with Gasteiger partial charge < -0.3 is 20.1 Å². The molecule has 1 aliphatic heterocycles. The van der Waals surface area contributed by atoms with Crippen molar-refractivity contribution in [1.29, 1.82) is 0 Å². The van der Waals surface area contributed by atoms with Crippen molar-refractivity contribution in [3.8, 4) is 11.5 Å². The van der Waals surface area contributed by atoms with E-state index >= 15 is 0 Å². The number of rotatable bonds is 7. The molecule has 2 aromatic rings. The minimum absolute atomic E-state index is 0.0544. The number of nitrogens with one attached hydrogen (secondary N) is 1. The molecule has 2 heterocycles. The number of carbonyl (C=O) groups excluding carboxylic acids is 1. The van der Waals surface area contributed by atoms with Crippen LogP contribution in [0.3, 0.4) is 0 Å². The first kappa shape index (κ1) is 18.2. The van der Waals surface area contributed by atoms with Crippen molar-refractivity contribution in [2.45, 2.75) is 32.2 Å². The molecule has 1 fully saturated rings. The lowest BCUT2D eigenvalue weighted by Gasteiger charge is -2.23. The highest BCUT2D eigenvalue weighted by Crippen LogP contribution is 2.33. The molecule has 0 aliphatic carbocycles. The third kappa shape index (κ3) is 3.80. The van der Waals surface area contributed by atoms with Gasteiger partial charge in [0.05, 0.1) is 19.8 Å². The molecule has 1 amide bonds. The molecular weight excluding hydrogens is 334 g/mol. The lowest BCUT2D eigenvalue weighted by atomic mass is 10.1. The highest BCUT2D eigenvalue weighted by molar-refractivity contribution is 5.95. The second-order valence-corrected chi connectivity index (χ2v) is 6.29. The zero-order chi connectivity index (χ0) is 18.5. The molecule has 1 aliphatic rings. The van der Waals surface area contributed by atoms with Crippen LogP contribution in [0.1, 0.15) is 47.3 Å². The van der Waals surface area contributed by atoms with Gasteiger partial charge in [-0.05, 0) is 50.9 Å². The number of H-pyrrole nitrogens is 1. The van der Waals surface area contributed by atoms with Crippen LogP contribution < -0.4 is 15.2 Å². The molecule has 1 saturated heterocycles. The summed E-state index contributed by atoms with van der Waals surface area (Å²) in [5.41, 5.74) is 6.07. The molecule has 1 atom stereocenters. The predicted molar refractivity (Wildman–Crippen MR) is 96.3 cm³/mol. The summed E-state index contributed by atoms with van der Waals surface area (Å²) in [4.78, 5) is 19.3. The number of aryl methyl sites for hydroxylation is 1. The number of hydrogen-bond acceptors (Lipinski definition) is 6. The number of carbonyl (C=O) groups is 1. The van der Waals surface area contributed by atoms with Gasteiger partial charge in [-0.15, -0.1) is 0 Å². The van der Waals surface area contributed by atoms with E-state index in [1.165, 1.54) is 0 Å². The fourth-order valence-electron chi connectivity index (χ4n) is 3.14. The summed E-state index contributed by atoms with van der Waals surface area (Å²) < 4.78 is 11.1. The standard InChI is InChI=1S/C18H25N5O3/c1-12-20-17(22-21-12)14-5-3-9-23(14)18(24)13-6-7-15(25-2)16(11-13)26-10-4-8-19/h6-7,11,14H,3-5,8-10,19H2,1-2H3,(H,20,21,22). The Bertz CT molecular complexity index is 761. The van der Waals surface area contributed by atoms with E-state index in [0.29, 0.717) is 42.6 Å². The first-order valence-electron chi connectivity index (χ1n) is 8.84. The van der Waals surface area contributed by atoms with Gasteiger partial charge in [0.15, 0.2) is 17.3 Å². The van der Waals surface area contributed by atoms with Crippen LogP contribution in [0.2, 0.25) is 0 Å². The third-order valence-corrected chi connectivity index (χ3v) is 4.44. The van der Waals surface area contributed by atoms with Crippen LogP contribution in [0.15, 0.2) is 18.2 Å². The van der Waals surface area contributed by atoms with Gasteiger partial charge in [-0.3, -0.25) is 9.89 Å². The average Bonchev–Trinajstić information content (AvgIpc) is 3.30. The average molecular weight is 359 g/mol. The molecule has 1 unspecified atom stereocenters. The largest absolute Gasteiger partial charge is 0.493 e. The quantitative estimate of drug-likeness (QED) is 0.731. The van der Waals surface area contributed by atoms with Crippen LogP contribution in [0.4, 0.5) is 0 Å². The SMILES string of the molecule is COc1ccc(C(=O)N2CCCC2c2n[nH]c(C)n2)cc1OCCCN. The molecular formula is C18H25N5O3. The monoisotopic (exact) mass is 359 g/mol. The van der Waals surface area contributed by atoms with Crippen LogP contribution in [-0.2, 0) is 0 Å². The van der Waals surface area contributed by atoms with Crippen LogP contribution in [0.25, 0.3) is 0 Å². The van der Waals surface area contributed by atoms with Gasteiger partial charge in [-0.2, -0.15) is 5.10 Å². The topological polar surface area (TPSA) is 106 Å². The first-order chi connectivity index (χ1) is 12.6. The molecule has 1 aromatic heterocycles. The van der Waals surface area contributed by atoms with Gasteiger partial charge in [-0.1, -0.05) is 0 Å². The summed E-state index contributed by atoms with van der Waals surface area (Å²) >= 11 is 0. The normalized spacial score (nSPS) is 16.7. The van der Waals surface area contributed by atoms with Crippen molar-refractivity contribution >= 4 is 5.91 Å². The Morgan fingerprint density at radius 1 is 1.42 bits per heavy atom. The second-order valence-electron chi connectivity index (χ2n) is 6.29. The highest BCUT2D eigenvalue weighted by atomic mass is 16.5. The third-order valence-electron chi connectivity index (χ3n) is 4.44. The van der Waals surface area contributed by atoms with Crippen molar-refractivity contribution in [1.82, 2.24) is 20.1 Å². The molecule has 3 N–H and O–H groups in total. The maximum Gasteiger partial charge on any atom is 0.254 e. The van der Waals surface area contributed by atoms with Crippen LogP contribution in [0, 0.1) is 6.92 Å². The van der Waals surface area contributed by atoms with Crippen molar-refractivity contribution < 1.29 is 14.3 Å². The first-order valence-corrected chi connectivity index (χ1v) is 8.84. The van der Waals surface area contributed by atoms with Gasteiger partial charge in [0.25, 0.3) is 5.91 Å². The zero-order valence-corrected chi connectivity index (χ0v) is 15.2. The number of nitrogens with zero attached hydrogens (tertiary/aromatic N) is 3. The Morgan fingerprint density at radius 3 is 2.96 bits per heavy atom. The minimum Gasteiger partial charge on any atom is -0.493 e. The number of aromatic amines is 1. The minimum atomic E-state index is -0.101. The van der Waals surface area contributed by atoms with E-state index in [9.17, 15) is 4.79 Å². The molecule has 0 spiro atoms. The lowest BCUT2D eigenvalue weighted by molar-refractivity contribution is 0.0729. The van der Waals surface area contributed by atoms with Gasteiger partial charge in [-0.25, -0.2) is 4.98 Å². The van der Waals surface area contributed by atoms with Gasteiger partial charge in [0.1, 0.15) is 5.82 Å². The Kier molecular flexibility index (Phi) is 5.72. The van der Waals surface area contributed by atoms with Gasteiger partial charge in [0, 0.05) is 12.1 Å². The predicted octanol–water partition coefficient (Wildman–Crippen LogP) is 1.83. The maximum atomic E-state index is 13.1. The number of hydrogen-bond donors (Lipinski definition) is 2. The molecule has 8 heteroatoms. The number of methoxy groups -OCH3 is 1. The van der Waals surface area contributed by atoms with E-state index in [2.05, 4.69) is 15.2 Å². The van der Waals surface area contributed by atoms with E-state index in [0.717, 1.165) is 25.1 Å². The molecule has 8 nitrogen and oxygen atoms in total. The fraction of sp³-hybridized carbons (Fsp3) is 0.500. The Labute approximate surface area is 152 Å². The summed E-state index contributed by atoms with van der Waals surface area (Å²) in [6.07, 6.45) is 2.53. The molecule has 3 rings (SSSR count). The number of nitrogens with two attached hydrogens (primary N) is 1. The molecule has 0 radical (unpaired) electrons. The Morgan fingerprint density at radius 2 is 2.27 bits per heavy atom. The van der Waals surface area contributed by atoms with Crippen LogP contribution in [0.5, 0.6) is 11.5 Å². The second kappa shape index (κ2) is 8.18. The van der Waals surface area contributed by atoms with Crippen LogP contribution in [-0.4, -0.2) is 52.8 Å². The van der Waals surface area contributed by atoms with E-state index in [4.69, 9.17) is 15.2 Å². The van der Waals surface area contributed by atoms with Gasteiger partial charge in [0.2, 0.25) is 0 Å². The smallest absolute Gasteiger partial charge is 0.254 e. The summed E-state index contributed by atoms with van der Waals surface area (Å²) in [6, 6.07) is 5.15. The number of ether oxygens (including phenoxy) is 2. The van der Waals surface area contributed by atoms with Crippen molar-refractivity contribution in [3.63, 3.8) is 0 Å². The van der Waals surface area contributed by atoms with Crippen molar-refractivity contribution in [2.75, 3.05) is 26.8 Å². The highest BCUT2D eigenvalue weighted by Gasteiger charge is 2.33.